The number of benzene rings is 2. The van der Waals surface area contributed by atoms with Gasteiger partial charge < -0.3 is 5.11 Å². The Bertz CT molecular complexity index is 951. The molecule has 23 heavy (non-hydrogen) atoms. The number of fused-ring (bicyclic) bond motifs is 1. The van der Waals surface area contributed by atoms with E-state index in [4.69, 9.17) is 0 Å². The van der Waals surface area contributed by atoms with E-state index in [1.165, 1.54) is 12.1 Å². The number of carboxylic acid groups (broad SMARTS) is 1. The zero-order valence-corrected chi connectivity index (χ0v) is 12.5. The van der Waals surface area contributed by atoms with Crippen LogP contribution in [0, 0.1) is 25.5 Å². The number of carboxylic acids is 1. The molecule has 0 fully saturated rings. The largest absolute Gasteiger partial charge is 0.478 e. The fourth-order valence-corrected chi connectivity index (χ4v) is 2.51. The van der Waals surface area contributed by atoms with Crippen molar-refractivity contribution < 1.29 is 18.7 Å². The van der Waals surface area contributed by atoms with Crippen LogP contribution in [-0.2, 0) is 0 Å². The molecular formula is C18H13F2NO2. The summed E-state index contributed by atoms with van der Waals surface area (Å²) in [6.45, 7) is 3.76. The van der Waals surface area contributed by atoms with Crippen LogP contribution in [0.1, 0.15) is 21.5 Å². The lowest BCUT2D eigenvalue weighted by molar-refractivity contribution is 0.0699. The molecule has 0 aliphatic carbocycles. The van der Waals surface area contributed by atoms with Crippen LogP contribution in [0.5, 0.6) is 0 Å². The Morgan fingerprint density at radius 3 is 2.43 bits per heavy atom. The average molecular weight is 313 g/mol. The number of hydrogen-bond acceptors (Lipinski definition) is 2. The van der Waals surface area contributed by atoms with Gasteiger partial charge in [-0.15, -0.1) is 0 Å². The first-order valence-electron chi connectivity index (χ1n) is 6.98. The van der Waals surface area contributed by atoms with E-state index >= 15 is 0 Å². The van der Waals surface area contributed by atoms with Gasteiger partial charge in [-0.25, -0.2) is 18.6 Å². The third-order valence-corrected chi connectivity index (χ3v) is 3.95. The summed E-state index contributed by atoms with van der Waals surface area (Å²) in [4.78, 5) is 16.0. The molecule has 1 N–H and O–H groups in total. The van der Waals surface area contributed by atoms with Gasteiger partial charge in [0.15, 0.2) is 11.6 Å². The first-order valence-corrected chi connectivity index (χ1v) is 6.98. The number of carbonyl (C=O) groups is 1. The van der Waals surface area contributed by atoms with Gasteiger partial charge in [-0.2, -0.15) is 0 Å². The maximum Gasteiger partial charge on any atom is 0.336 e. The molecule has 0 amide bonds. The van der Waals surface area contributed by atoms with Crippen LogP contribution in [0.15, 0.2) is 36.4 Å². The number of halogens is 2. The smallest absolute Gasteiger partial charge is 0.336 e. The summed E-state index contributed by atoms with van der Waals surface area (Å²) in [5.41, 5.74) is 3.08. The minimum absolute atomic E-state index is 0.0813. The van der Waals surface area contributed by atoms with Gasteiger partial charge >= 0.3 is 5.97 Å². The van der Waals surface area contributed by atoms with Crippen LogP contribution in [-0.4, -0.2) is 16.1 Å². The summed E-state index contributed by atoms with van der Waals surface area (Å²) in [7, 11) is 0. The molecule has 0 spiro atoms. The summed E-state index contributed by atoms with van der Waals surface area (Å²) in [5, 5.41) is 9.97. The first-order chi connectivity index (χ1) is 10.9. The highest BCUT2D eigenvalue weighted by Crippen LogP contribution is 2.28. The predicted molar refractivity (Wildman–Crippen MR) is 83.5 cm³/mol. The van der Waals surface area contributed by atoms with Gasteiger partial charge in [0.05, 0.1) is 16.8 Å². The maximum atomic E-state index is 13.5. The number of aromatic carboxylic acids is 1. The van der Waals surface area contributed by atoms with Crippen molar-refractivity contribution in [2.24, 2.45) is 0 Å². The molecule has 0 bridgehead atoms. The molecule has 0 saturated carbocycles. The van der Waals surface area contributed by atoms with Crippen molar-refractivity contribution in [2.45, 2.75) is 13.8 Å². The van der Waals surface area contributed by atoms with Crippen molar-refractivity contribution in [3.8, 4) is 11.3 Å². The van der Waals surface area contributed by atoms with E-state index in [1.807, 2.05) is 19.9 Å². The molecule has 3 aromatic rings. The fraction of sp³-hybridized carbons (Fsp3) is 0.111. The van der Waals surface area contributed by atoms with E-state index in [0.29, 0.717) is 22.2 Å². The van der Waals surface area contributed by atoms with E-state index in [1.54, 1.807) is 6.07 Å². The number of nitrogens with zero attached hydrogens (tertiary/aromatic N) is 1. The summed E-state index contributed by atoms with van der Waals surface area (Å²) in [6, 6.07) is 8.32. The number of aromatic nitrogens is 1. The van der Waals surface area contributed by atoms with Crippen molar-refractivity contribution in [1.29, 1.82) is 0 Å². The first kappa shape index (κ1) is 15.1. The second kappa shape index (κ2) is 5.43. The fourth-order valence-electron chi connectivity index (χ4n) is 2.51. The van der Waals surface area contributed by atoms with Gasteiger partial charge in [0.25, 0.3) is 0 Å². The molecule has 0 unspecified atom stereocenters. The third kappa shape index (κ3) is 2.54. The van der Waals surface area contributed by atoms with Gasteiger partial charge in [0.1, 0.15) is 0 Å². The number of pyridine rings is 1. The lowest BCUT2D eigenvalue weighted by atomic mass is 9.99. The van der Waals surface area contributed by atoms with E-state index in [0.717, 1.165) is 23.3 Å². The lowest BCUT2D eigenvalue weighted by Crippen LogP contribution is -2.02. The minimum Gasteiger partial charge on any atom is -0.478 e. The molecule has 116 valence electrons. The standard InChI is InChI=1S/C18H13F2NO2/c1-9-3-5-12-13(18(22)23)8-16(21-17(12)10(9)2)11-4-6-14(19)15(20)7-11/h3-8H,1-2H3,(H,22,23). The zero-order valence-electron chi connectivity index (χ0n) is 12.5. The van der Waals surface area contributed by atoms with E-state index in [-0.39, 0.29) is 5.56 Å². The number of aryl methyl sites for hydroxylation is 2. The summed E-state index contributed by atoms with van der Waals surface area (Å²) >= 11 is 0. The molecule has 2 aromatic carbocycles. The molecule has 0 radical (unpaired) electrons. The van der Waals surface area contributed by atoms with Gasteiger partial charge in [-0.05, 0) is 49.2 Å². The van der Waals surface area contributed by atoms with E-state index in [2.05, 4.69) is 4.98 Å². The van der Waals surface area contributed by atoms with Gasteiger partial charge in [0, 0.05) is 10.9 Å². The van der Waals surface area contributed by atoms with Crippen LogP contribution in [0.4, 0.5) is 8.78 Å². The van der Waals surface area contributed by atoms with Crippen molar-refractivity contribution in [3.63, 3.8) is 0 Å². The molecule has 0 atom stereocenters. The highest BCUT2D eigenvalue weighted by Gasteiger charge is 2.16. The van der Waals surface area contributed by atoms with Crippen molar-refractivity contribution in [3.05, 3.63) is 64.7 Å². The molecule has 0 saturated heterocycles. The molecular weight excluding hydrogens is 300 g/mol. The van der Waals surface area contributed by atoms with Crippen molar-refractivity contribution in [1.82, 2.24) is 4.98 Å². The van der Waals surface area contributed by atoms with E-state index < -0.39 is 17.6 Å². The molecule has 1 heterocycles. The Hall–Kier alpha value is -2.82. The predicted octanol–water partition coefficient (Wildman–Crippen LogP) is 4.50. The van der Waals surface area contributed by atoms with Gasteiger partial charge in [0.2, 0.25) is 0 Å². The Labute approximate surface area is 131 Å². The second-order valence-corrected chi connectivity index (χ2v) is 5.39. The third-order valence-electron chi connectivity index (χ3n) is 3.95. The number of rotatable bonds is 2. The second-order valence-electron chi connectivity index (χ2n) is 5.39. The molecule has 0 aliphatic rings. The van der Waals surface area contributed by atoms with Crippen molar-refractivity contribution >= 4 is 16.9 Å². The Kier molecular flexibility index (Phi) is 3.56. The molecule has 0 aliphatic heterocycles. The Balaban J connectivity index is 2.35. The monoisotopic (exact) mass is 313 g/mol. The van der Waals surface area contributed by atoms with Gasteiger partial charge in [-0.1, -0.05) is 12.1 Å². The highest BCUT2D eigenvalue weighted by atomic mass is 19.2. The van der Waals surface area contributed by atoms with Crippen LogP contribution in [0.25, 0.3) is 22.2 Å². The Morgan fingerprint density at radius 1 is 1.04 bits per heavy atom. The van der Waals surface area contributed by atoms with Crippen molar-refractivity contribution in [2.75, 3.05) is 0 Å². The SMILES string of the molecule is Cc1ccc2c(C(=O)O)cc(-c3ccc(F)c(F)c3)nc2c1C. The lowest BCUT2D eigenvalue weighted by Gasteiger charge is -2.11. The van der Waals surface area contributed by atoms with E-state index in [9.17, 15) is 18.7 Å². The average Bonchev–Trinajstić information content (AvgIpc) is 2.52. The van der Waals surface area contributed by atoms with Crippen LogP contribution < -0.4 is 0 Å². The molecule has 1 aromatic heterocycles. The Morgan fingerprint density at radius 2 is 1.78 bits per heavy atom. The summed E-state index contributed by atoms with van der Waals surface area (Å²) < 4.78 is 26.6. The van der Waals surface area contributed by atoms with Crippen LogP contribution in [0.3, 0.4) is 0 Å². The zero-order chi connectivity index (χ0) is 16.7. The topological polar surface area (TPSA) is 50.2 Å². The molecule has 5 heteroatoms. The van der Waals surface area contributed by atoms with Gasteiger partial charge in [-0.3, -0.25) is 0 Å². The molecule has 3 nitrogen and oxygen atoms in total. The maximum absolute atomic E-state index is 13.5. The minimum atomic E-state index is -1.09. The quantitative estimate of drug-likeness (QED) is 0.758. The highest BCUT2D eigenvalue weighted by molar-refractivity contribution is 6.04. The summed E-state index contributed by atoms with van der Waals surface area (Å²) in [6.07, 6.45) is 0. The van der Waals surface area contributed by atoms with Crippen LogP contribution >= 0.6 is 0 Å². The normalized spacial score (nSPS) is 11.0. The number of hydrogen-bond donors (Lipinski definition) is 1. The van der Waals surface area contributed by atoms with Crippen LogP contribution in [0.2, 0.25) is 0 Å². The molecule has 3 rings (SSSR count). The summed E-state index contributed by atoms with van der Waals surface area (Å²) in [5.74, 6) is -3.05.